The number of carbonyl (C=O) groups is 2. The van der Waals surface area contributed by atoms with Crippen LogP contribution in [0.2, 0.25) is 0 Å². The molecule has 6 nitrogen and oxygen atoms in total. The molecule has 1 saturated heterocycles. The van der Waals surface area contributed by atoms with Crippen LogP contribution in [-0.4, -0.2) is 66.6 Å². The molecule has 0 saturated carbocycles. The van der Waals surface area contributed by atoms with Crippen LogP contribution in [0.1, 0.15) is 36.7 Å². The van der Waals surface area contributed by atoms with Crippen LogP contribution in [-0.2, 0) is 4.74 Å². The van der Waals surface area contributed by atoms with Gasteiger partial charge in [-0.1, -0.05) is 30.3 Å². The number of hydrogen-bond donors (Lipinski definition) is 0. The topological polar surface area (TPSA) is 59.1 Å². The third-order valence-electron chi connectivity index (χ3n) is 4.85. The molecule has 0 N–H and O–H groups in total. The van der Waals surface area contributed by atoms with Crippen LogP contribution >= 0.6 is 0 Å². The Bertz CT molecular complexity index is 836. The monoisotopic (exact) mass is 410 g/mol. The normalized spacial score (nSPS) is 15.0. The molecule has 0 atom stereocenters. The molecular formula is C24H30N2O4. The van der Waals surface area contributed by atoms with Crippen molar-refractivity contribution in [2.75, 3.05) is 39.3 Å². The fraction of sp³-hybridized carbons (Fsp3) is 0.417. The highest BCUT2D eigenvalue weighted by molar-refractivity contribution is 6.08. The third kappa shape index (κ3) is 6.32. The van der Waals surface area contributed by atoms with Crippen molar-refractivity contribution in [3.8, 4) is 5.75 Å². The average Bonchev–Trinajstić information content (AvgIpc) is 2.73. The molecule has 0 aromatic heterocycles. The van der Waals surface area contributed by atoms with Crippen molar-refractivity contribution in [2.24, 2.45) is 0 Å². The SMILES string of the molecule is CC(C)(C)OC(=O)N1CCN(CCOc2ccc(C(=O)c3ccccc3)cc2)CC1. The maximum absolute atomic E-state index is 12.4. The molecule has 0 radical (unpaired) electrons. The van der Waals surface area contributed by atoms with Gasteiger partial charge in [0.2, 0.25) is 0 Å². The van der Waals surface area contributed by atoms with Gasteiger partial charge in [-0.25, -0.2) is 4.79 Å². The minimum atomic E-state index is -0.469. The molecule has 1 aliphatic heterocycles. The van der Waals surface area contributed by atoms with E-state index >= 15 is 0 Å². The van der Waals surface area contributed by atoms with Crippen molar-refractivity contribution >= 4 is 11.9 Å². The Balaban J connectivity index is 1.40. The predicted octanol–water partition coefficient (Wildman–Crippen LogP) is 3.85. The van der Waals surface area contributed by atoms with Gasteiger partial charge in [-0.2, -0.15) is 0 Å². The zero-order valence-corrected chi connectivity index (χ0v) is 18.0. The highest BCUT2D eigenvalue weighted by Crippen LogP contribution is 2.16. The second kappa shape index (κ2) is 9.76. The van der Waals surface area contributed by atoms with E-state index in [1.807, 2.05) is 63.2 Å². The second-order valence-corrected chi connectivity index (χ2v) is 8.38. The lowest BCUT2D eigenvalue weighted by Crippen LogP contribution is -2.50. The van der Waals surface area contributed by atoms with Crippen LogP contribution < -0.4 is 4.74 Å². The molecule has 160 valence electrons. The van der Waals surface area contributed by atoms with Crippen LogP contribution in [0.4, 0.5) is 4.79 Å². The Hall–Kier alpha value is -2.86. The lowest BCUT2D eigenvalue weighted by Gasteiger charge is -2.35. The van der Waals surface area contributed by atoms with E-state index in [0.717, 1.165) is 25.4 Å². The lowest BCUT2D eigenvalue weighted by atomic mass is 10.0. The number of carbonyl (C=O) groups excluding carboxylic acids is 2. The van der Waals surface area contributed by atoms with Crippen LogP contribution in [0.5, 0.6) is 5.75 Å². The molecule has 1 aliphatic rings. The van der Waals surface area contributed by atoms with Gasteiger partial charge in [-0.15, -0.1) is 0 Å². The smallest absolute Gasteiger partial charge is 0.410 e. The summed E-state index contributed by atoms with van der Waals surface area (Å²) in [5.41, 5.74) is 0.854. The summed E-state index contributed by atoms with van der Waals surface area (Å²) < 4.78 is 11.3. The first-order valence-corrected chi connectivity index (χ1v) is 10.3. The minimum absolute atomic E-state index is 0.00464. The summed E-state index contributed by atoms with van der Waals surface area (Å²) >= 11 is 0. The Labute approximate surface area is 178 Å². The highest BCUT2D eigenvalue weighted by atomic mass is 16.6. The van der Waals surface area contributed by atoms with Gasteiger partial charge in [0.15, 0.2) is 5.78 Å². The maximum atomic E-state index is 12.4. The van der Waals surface area contributed by atoms with Gasteiger partial charge in [0.05, 0.1) is 0 Å². The largest absolute Gasteiger partial charge is 0.492 e. The molecular weight excluding hydrogens is 380 g/mol. The third-order valence-corrected chi connectivity index (χ3v) is 4.85. The Morgan fingerprint density at radius 1 is 0.867 bits per heavy atom. The summed E-state index contributed by atoms with van der Waals surface area (Å²) in [6.45, 7) is 9.88. The van der Waals surface area contributed by atoms with Crippen LogP contribution in [0.3, 0.4) is 0 Å². The first-order valence-electron chi connectivity index (χ1n) is 10.3. The van der Waals surface area contributed by atoms with Gasteiger partial charge in [0, 0.05) is 43.9 Å². The molecule has 0 unspecified atom stereocenters. The first kappa shape index (κ1) is 21.8. The van der Waals surface area contributed by atoms with Crippen LogP contribution in [0, 0.1) is 0 Å². The van der Waals surface area contributed by atoms with E-state index in [4.69, 9.17) is 9.47 Å². The zero-order chi connectivity index (χ0) is 21.6. The molecule has 0 spiro atoms. The van der Waals surface area contributed by atoms with E-state index in [1.54, 1.807) is 17.0 Å². The molecule has 3 rings (SSSR count). The highest BCUT2D eigenvalue weighted by Gasteiger charge is 2.25. The summed E-state index contributed by atoms with van der Waals surface area (Å²) in [6.07, 6.45) is -0.247. The number of hydrogen-bond acceptors (Lipinski definition) is 5. The van der Waals surface area contributed by atoms with Gasteiger partial charge in [0.1, 0.15) is 18.0 Å². The molecule has 1 fully saturated rings. The van der Waals surface area contributed by atoms with Crippen molar-refractivity contribution in [1.29, 1.82) is 0 Å². The molecule has 0 bridgehead atoms. The van der Waals surface area contributed by atoms with Crippen molar-refractivity contribution in [1.82, 2.24) is 9.80 Å². The molecule has 1 heterocycles. The number of ketones is 1. The van der Waals surface area contributed by atoms with E-state index in [1.165, 1.54) is 0 Å². The van der Waals surface area contributed by atoms with E-state index in [-0.39, 0.29) is 11.9 Å². The first-order chi connectivity index (χ1) is 14.3. The van der Waals surface area contributed by atoms with Crippen LogP contribution in [0.25, 0.3) is 0 Å². The quantitative estimate of drug-likeness (QED) is 0.677. The Kier molecular flexibility index (Phi) is 7.11. The average molecular weight is 411 g/mol. The van der Waals surface area contributed by atoms with E-state index in [2.05, 4.69) is 4.90 Å². The van der Waals surface area contributed by atoms with Gasteiger partial charge >= 0.3 is 6.09 Å². The molecule has 2 aromatic rings. The van der Waals surface area contributed by atoms with Gasteiger partial charge in [-0.3, -0.25) is 9.69 Å². The summed E-state index contributed by atoms with van der Waals surface area (Å²) in [5, 5.41) is 0. The number of piperazine rings is 1. The molecule has 0 aliphatic carbocycles. The Morgan fingerprint density at radius 2 is 1.47 bits per heavy atom. The number of rotatable bonds is 6. The summed E-state index contributed by atoms with van der Waals surface area (Å²) in [6, 6.07) is 16.5. The lowest BCUT2D eigenvalue weighted by molar-refractivity contribution is 0.0137. The molecule has 30 heavy (non-hydrogen) atoms. The molecule has 6 heteroatoms. The predicted molar refractivity (Wildman–Crippen MR) is 116 cm³/mol. The number of nitrogens with zero attached hydrogens (tertiary/aromatic N) is 2. The van der Waals surface area contributed by atoms with Gasteiger partial charge in [0.25, 0.3) is 0 Å². The number of ether oxygens (including phenoxy) is 2. The van der Waals surface area contributed by atoms with Crippen molar-refractivity contribution < 1.29 is 19.1 Å². The van der Waals surface area contributed by atoms with E-state index in [0.29, 0.717) is 30.8 Å². The number of benzene rings is 2. The van der Waals surface area contributed by atoms with Gasteiger partial charge < -0.3 is 14.4 Å². The van der Waals surface area contributed by atoms with Crippen molar-refractivity contribution in [3.63, 3.8) is 0 Å². The van der Waals surface area contributed by atoms with E-state index < -0.39 is 5.60 Å². The Morgan fingerprint density at radius 3 is 2.07 bits per heavy atom. The summed E-state index contributed by atoms with van der Waals surface area (Å²) in [5.74, 6) is 0.747. The fourth-order valence-electron chi connectivity index (χ4n) is 3.23. The van der Waals surface area contributed by atoms with E-state index in [9.17, 15) is 9.59 Å². The number of amides is 1. The summed E-state index contributed by atoms with van der Waals surface area (Å²) in [4.78, 5) is 28.6. The van der Waals surface area contributed by atoms with Gasteiger partial charge in [-0.05, 0) is 45.0 Å². The maximum Gasteiger partial charge on any atom is 0.410 e. The van der Waals surface area contributed by atoms with Crippen LogP contribution in [0.15, 0.2) is 54.6 Å². The van der Waals surface area contributed by atoms with Crippen molar-refractivity contribution in [2.45, 2.75) is 26.4 Å². The molecule has 1 amide bonds. The fourth-order valence-corrected chi connectivity index (χ4v) is 3.23. The molecule has 2 aromatic carbocycles. The minimum Gasteiger partial charge on any atom is -0.492 e. The zero-order valence-electron chi connectivity index (χ0n) is 18.0. The summed E-state index contributed by atoms with van der Waals surface area (Å²) in [7, 11) is 0. The van der Waals surface area contributed by atoms with Crippen molar-refractivity contribution in [3.05, 3.63) is 65.7 Å². The second-order valence-electron chi connectivity index (χ2n) is 8.38. The standard InChI is InChI=1S/C24H30N2O4/c1-24(2,3)30-23(28)26-15-13-25(14-16-26)17-18-29-21-11-9-20(10-12-21)22(27)19-7-5-4-6-8-19/h4-12H,13-18H2,1-3H3.